The SMILES string of the molecule is CN(CCc1ccccn1)[C@@H]1CCN(Cc2c(F)cccc2Cl)C[C@H]1O. The van der Waals surface area contributed by atoms with Crippen molar-refractivity contribution in [3.05, 3.63) is 64.7 Å². The van der Waals surface area contributed by atoms with Gasteiger partial charge in [-0.15, -0.1) is 0 Å². The van der Waals surface area contributed by atoms with Crippen molar-refractivity contribution in [1.29, 1.82) is 0 Å². The smallest absolute Gasteiger partial charge is 0.129 e. The summed E-state index contributed by atoms with van der Waals surface area (Å²) in [6.45, 7) is 2.59. The van der Waals surface area contributed by atoms with Gasteiger partial charge in [-0.05, 0) is 37.7 Å². The van der Waals surface area contributed by atoms with Gasteiger partial charge in [-0.1, -0.05) is 23.7 Å². The van der Waals surface area contributed by atoms with Crippen LogP contribution in [0.5, 0.6) is 0 Å². The first kappa shape index (κ1) is 19.2. The summed E-state index contributed by atoms with van der Waals surface area (Å²) in [6, 6.07) is 10.8. The van der Waals surface area contributed by atoms with Crippen molar-refractivity contribution >= 4 is 11.6 Å². The van der Waals surface area contributed by atoms with E-state index in [1.165, 1.54) is 6.07 Å². The standard InChI is InChI=1S/C20H25ClFN3O/c1-24(11-8-15-5-2-3-10-23-15)19-9-12-25(14-20(19)26)13-16-17(21)6-4-7-18(16)22/h2-7,10,19-20,26H,8-9,11-14H2,1H3/t19-,20-/m1/s1. The van der Waals surface area contributed by atoms with Crippen molar-refractivity contribution in [2.45, 2.75) is 31.5 Å². The average molecular weight is 378 g/mol. The molecule has 0 unspecified atom stereocenters. The summed E-state index contributed by atoms with van der Waals surface area (Å²) in [6.07, 6.45) is 3.03. The number of nitrogens with zero attached hydrogens (tertiary/aromatic N) is 3. The van der Waals surface area contributed by atoms with Crippen molar-refractivity contribution in [2.24, 2.45) is 0 Å². The molecular weight excluding hydrogens is 353 g/mol. The van der Waals surface area contributed by atoms with E-state index < -0.39 is 6.10 Å². The second-order valence-electron chi connectivity index (χ2n) is 6.91. The maximum absolute atomic E-state index is 14.0. The molecule has 1 aromatic heterocycles. The Morgan fingerprint density at radius 2 is 2.15 bits per heavy atom. The van der Waals surface area contributed by atoms with E-state index in [1.54, 1.807) is 18.3 Å². The van der Waals surface area contributed by atoms with Gasteiger partial charge in [0.15, 0.2) is 0 Å². The summed E-state index contributed by atoms with van der Waals surface area (Å²) in [5.41, 5.74) is 1.56. The molecule has 2 atom stereocenters. The molecule has 4 nitrogen and oxygen atoms in total. The number of hydrogen-bond acceptors (Lipinski definition) is 4. The first-order valence-electron chi connectivity index (χ1n) is 8.98. The Morgan fingerprint density at radius 1 is 1.31 bits per heavy atom. The molecule has 3 rings (SSSR count). The van der Waals surface area contributed by atoms with Gasteiger partial charge in [-0.3, -0.25) is 9.88 Å². The first-order chi connectivity index (χ1) is 12.5. The number of rotatable bonds is 6. The fraction of sp³-hybridized carbons (Fsp3) is 0.450. The van der Waals surface area contributed by atoms with E-state index in [9.17, 15) is 9.50 Å². The molecule has 140 valence electrons. The third kappa shape index (κ3) is 4.80. The summed E-state index contributed by atoms with van der Waals surface area (Å²) in [5, 5.41) is 11.0. The number of benzene rings is 1. The number of likely N-dealkylation sites (tertiary alicyclic amines) is 1. The highest BCUT2D eigenvalue weighted by molar-refractivity contribution is 6.31. The molecule has 1 N–H and O–H groups in total. The summed E-state index contributed by atoms with van der Waals surface area (Å²) in [7, 11) is 2.04. The molecule has 1 aliphatic heterocycles. The third-order valence-corrected chi connectivity index (χ3v) is 5.44. The van der Waals surface area contributed by atoms with E-state index in [-0.39, 0.29) is 11.9 Å². The Labute approximate surface area is 159 Å². The van der Waals surface area contributed by atoms with Gasteiger partial charge in [0.05, 0.1) is 6.10 Å². The number of halogens is 2. The zero-order valence-electron chi connectivity index (χ0n) is 15.0. The minimum Gasteiger partial charge on any atom is -0.390 e. The zero-order chi connectivity index (χ0) is 18.5. The normalized spacial score (nSPS) is 21.3. The fourth-order valence-corrected chi connectivity index (χ4v) is 3.77. The lowest BCUT2D eigenvalue weighted by Crippen LogP contribution is -2.53. The summed E-state index contributed by atoms with van der Waals surface area (Å²) < 4.78 is 14.0. The number of piperidine rings is 1. The minimum absolute atomic E-state index is 0.103. The van der Waals surface area contributed by atoms with E-state index in [1.807, 2.05) is 25.2 Å². The number of likely N-dealkylation sites (N-methyl/N-ethyl adjacent to an activating group) is 1. The molecule has 26 heavy (non-hydrogen) atoms. The zero-order valence-corrected chi connectivity index (χ0v) is 15.7. The Morgan fingerprint density at radius 3 is 2.85 bits per heavy atom. The predicted octanol–water partition coefficient (Wildman–Crippen LogP) is 2.98. The summed E-state index contributed by atoms with van der Waals surface area (Å²) >= 11 is 6.12. The maximum Gasteiger partial charge on any atom is 0.129 e. The molecule has 1 aliphatic rings. The van der Waals surface area contributed by atoms with Gasteiger partial charge >= 0.3 is 0 Å². The lowest BCUT2D eigenvalue weighted by molar-refractivity contribution is -0.00646. The lowest BCUT2D eigenvalue weighted by Gasteiger charge is -2.40. The fourth-order valence-electron chi connectivity index (χ4n) is 3.55. The Bertz CT molecular complexity index is 695. The van der Waals surface area contributed by atoms with Gasteiger partial charge in [0.25, 0.3) is 0 Å². The van der Waals surface area contributed by atoms with Crippen LogP contribution in [-0.2, 0) is 13.0 Å². The number of aliphatic hydroxyl groups is 1. The molecule has 0 radical (unpaired) electrons. The van der Waals surface area contributed by atoms with Crippen LogP contribution in [0.2, 0.25) is 5.02 Å². The molecule has 2 heterocycles. The molecule has 6 heteroatoms. The van der Waals surface area contributed by atoms with Crippen molar-refractivity contribution in [2.75, 3.05) is 26.7 Å². The van der Waals surface area contributed by atoms with Gasteiger partial charge < -0.3 is 10.0 Å². The van der Waals surface area contributed by atoms with Crippen LogP contribution in [0.3, 0.4) is 0 Å². The van der Waals surface area contributed by atoms with Crippen LogP contribution in [0.25, 0.3) is 0 Å². The highest BCUT2D eigenvalue weighted by atomic mass is 35.5. The van der Waals surface area contributed by atoms with Gasteiger partial charge in [0, 0.05) is 61.1 Å². The highest BCUT2D eigenvalue weighted by Crippen LogP contribution is 2.24. The number of aliphatic hydroxyl groups excluding tert-OH is 1. The Balaban J connectivity index is 1.53. The van der Waals surface area contributed by atoms with Crippen LogP contribution in [0, 0.1) is 5.82 Å². The van der Waals surface area contributed by atoms with Crippen LogP contribution in [0.1, 0.15) is 17.7 Å². The number of β-amino-alcohol motifs (C(OH)–C–C–N with tert-alkyl or cyclic N) is 1. The largest absolute Gasteiger partial charge is 0.390 e. The van der Waals surface area contributed by atoms with Crippen LogP contribution in [-0.4, -0.2) is 58.7 Å². The van der Waals surface area contributed by atoms with Crippen LogP contribution in [0.4, 0.5) is 4.39 Å². The molecular formula is C20H25ClFN3O. The third-order valence-electron chi connectivity index (χ3n) is 5.09. The molecule has 0 aliphatic carbocycles. The molecule has 0 saturated carbocycles. The van der Waals surface area contributed by atoms with Gasteiger partial charge in [-0.25, -0.2) is 4.39 Å². The molecule has 1 saturated heterocycles. The molecule has 0 bridgehead atoms. The topological polar surface area (TPSA) is 39.6 Å². The number of hydrogen-bond donors (Lipinski definition) is 1. The second kappa shape index (κ2) is 8.91. The van der Waals surface area contributed by atoms with Crippen LogP contribution in [0.15, 0.2) is 42.6 Å². The second-order valence-corrected chi connectivity index (χ2v) is 7.32. The molecule has 2 aromatic rings. The van der Waals surface area contributed by atoms with Crippen LogP contribution >= 0.6 is 11.6 Å². The quantitative estimate of drug-likeness (QED) is 0.840. The number of pyridine rings is 1. The maximum atomic E-state index is 14.0. The summed E-state index contributed by atoms with van der Waals surface area (Å²) in [4.78, 5) is 8.61. The van der Waals surface area contributed by atoms with Crippen LogP contribution < -0.4 is 0 Å². The first-order valence-corrected chi connectivity index (χ1v) is 9.36. The monoisotopic (exact) mass is 377 g/mol. The van der Waals surface area contributed by atoms with Crippen molar-refractivity contribution in [3.63, 3.8) is 0 Å². The molecule has 1 aromatic carbocycles. The van der Waals surface area contributed by atoms with Gasteiger partial charge in [0.2, 0.25) is 0 Å². The van der Waals surface area contributed by atoms with Crippen molar-refractivity contribution in [3.8, 4) is 0 Å². The Hall–Kier alpha value is -1.53. The van der Waals surface area contributed by atoms with E-state index in [0.717, 1.165) is 31.6 Å². The minimum atomic E-state index is -0.469. The summed E-state index contributed by atoms with van der Waals surface area (Å²) in [5.74, 6) is -0.290. The molecule has 1 fully saturated rings. The Kier molecular flexibility index (Phi) is 6.59. The lowest BCUT2D eigenvalue weighted by atomic mass is 9.99. The average Bonchev–Trinajstić information content (AvgIpc) is 2.64. The molecule has 0 amide bonds. The van der Waals surface area contributed by atoms with E-state index in [4.69, 9.17) is 11.6 Å². The van der Waals surface area contributed by atoms with E-state index in [0.29, 0.717) is 23.7 Å². The van der Waals surface area contributed by atoms with Crippen molar-refractivity contribution in [1.82, 2.24) is 14.8 Å². The van der Waals surface area contributed by atoms with Gasteiger partial charge in [0.1, 0.15) is 5.82 Å². The van der Waals surface area contributed by atoms with Gasteiger partial charge in [-0.2, -0.15) is 0 Å². The van der Waals surface area contributed by atoms with E-state index >= 15 is 0 Å². The number of aromatic nitrogens is 1. The van der Waals surface area contributed by atoms with Crippen molar-refractivity contribution < 1.29 is 9.50 Å². The van der Waals surface area contributed by atoms with E-state index in [2.05, 4.69) is 14.8 Å². The highest BCUT2D eigenvalue weighted by Gasteiger charge is 2.30. The molecule has 0 spiro atoms. The predicted molar refractivity (Wildman–Crippen MR) is 102 cm³/mol.